The third-order valence-electron chi connectivity index (χ3n) is 4.52. The fourth-order valence-electron chi connectivity index (χ4n) is 3.10. The number of carbonyl (C=O) groups is 2. The molecule has 1 aliphatic rings. The lowest BCUT2D eigenvalue weighted by Crippen LogP contribution is -2.47. The Hall–Kier alpha value is -2.83. The number of amides is 3. The van der Waals surface area contributed by atoms with Crippen molar-refractivity contribution in [1.82, 2.24) is 20.0 Å². The van der Waals surface area contributed by atoms with Gasteiger partial charge in [0.1, 0.15) is 0 Å². The van der Waals surface area contributed by atoms with E-state index in [0.717, 1.165) is 30.5 Å². The maximum absolute atomic E-state index is 12.3. The Bertz CT molecular complexity index is 712. The summed E-state index contributed by atoms with van der Waals surface area (Å²) in [7, 11) is 0. The second-order valence-corrected chi connectivity index (χ2v) is 6.28. The van der Waals surface area contributed by atoms with Gasteiger partial charge >= 0.3 is 6.03 Å². The van der Waals surface area contributed by atoms with Gasteiger partial charge in [-0.3, -0.25) is 4.79 Å². The number of primary amides is 1. The molecule has 0 aliphatic carbocycles. The van der Waals surface area contributed by atoms with E-state index in [-0.39, 0.29) is 11.8 Å². The van der Waals surface area contributed by atoms with Crippen LogP contribution in [0.25, 0.3) is 5.69 Å². The first kappa shape index (κ1) is 17.0. The molecule has 132 valence electrons. The predicted octanol–water partition coefficient (Wildman–Crippen LogP) is 1.32. The van der Waals surface area contributed by atoms with Crippen molar-refractivity contribution in [2.75, 3.05) is 19.6 Å². The molecule has 0 unspecified atom stereocenters. The van der Waals surface area contributed by atoms with Crippen LogP contribution >= 0.6 is 0 Å². The molecular formula is C18H23N5O2. The lowest BCUT2D eigenvalue weighted by molar-refractivity contribution is -0.126. The number of urea groups is 1. The van der Waals surface area contributed by atoms with Gasteiger partial charge in [-0.05, 0) is 43.0 Å². The topological polar surface area (TPSA) is 93.3 Å². The highest BCUT2D eigenvalue weighted by atomic mass is 16.2. The van der Waals surface area contributed by atoms with Crippen LogP contribution in [0, 0.1) is 5.92 Å². The van der Waals surface area contributed by atoms with Gasteiger partial charge in [0.25, 0.3) is 0 Å². The van der Waals surface area contributed by atoms with Crippen molar-refractivity contribution < 1.29 is 9.59 Å². The fraction of sp³-hybridized carbons (Fsp3) is 0.389. The van der Waals surface area contributed by atoms with Gasteiger partial charge in [-0.15, -0.1) is 0 Å². The zero-order valence-corrected chi connectivity index (χ0v) is 14.1. The molecule has 2 aromatic rings. The van der Waals surface area contributed by atoms with Crippen LogP contribution in [-0.2, 0) is 11.2 Å². The van der Waals surface area contributed by atoms with E-state index in [1.807, 2.05) is 36.5 Å². The zero-order chi connectivity index (χ0) is 17.6. The van der Waals surface area contributed by atoms with Crippen LogP contribution in [0.5, 0.6) is 0 Å². The van der Waals surface area contributed by atoms with Gasteiger partial charge in [0.05, 0.1) is 11.6 Å². The largest absolute Gasteiger partial charge is 0.355 e. The van der Waals surface area contributed by atoms with Gasteiger partial charge in [0.15, 0.2) is 0 Å². The molecule has 7 heteroatoms. The van der Waals surface area contributed by atoms with Crippen LogP contribution in [0.3, 0.4) is 0 Å². The maximum Gasteiger partial charge on any atom is 0.314 e. The molecule has 1 fully saturated rings. The Kier molecular flexibility index (Phi) is 5.33. The normalized spacial score (nSPS) is 17.3. The number of hydrogen-bond acceptors (Lipinski definition) is 3. The van der Waals surface area contributed by atoms with Crippen molar-refractivity contribution in [3.8, 4) is 5.69 Å². The molecule has 3 amide bonds. The molecule has 1 saturated heterocycles. The van der Waals surface area contributed by atoms with E-state index in [1.54, 1.807) is 15.8 Å². The first-order chi connectivity index (χ1) is 12.1. The molecule has 25 heavy (non-hydrogen) atoms. The summed E-state index contributed by atoms with van der Waals surface area (Å²) in [4.78, 5) is 25.1. The number of aromatic nitrogens is 2. The standard InChI is InChI=1S/C18H23N5O2/c19-18(25)22-11-1-3-15(13-22)17(24)20-10-8-14-4-6-16(7-5-14)23-12-2-9-21-23/h2,4-7,9,12,15H,1,3,8,10-11,13H2,(H2,19,25)(H,20,24)/t15-/m0/s1. The summed E-state index contributed by atoms with van der Waals surface area (Å²) in [6, 6.07) is 9.53. The minimum atomic E-state index is -0.449. The number of nitrogens with zero attached hydrogens (tertiary/aromatic N) is 3. The fourth-order valence-corrected chi connectivity index (χ4v) is 3.10. The van der Waals surface area contributed by atoms with Crippen LogP contribution in [0.1, 0.15) is 18.4 Å². The van der Waals surface area contributed by atoms with Crippen LogP contribution in [0.2, 0.25) is 0 Å². The van der Waals surface area contributed by atoms with Crippen molar-refractivity contribution >= 4 is 11.9 Å². The molecule has 3 N–H and O–H groups in total. The summed E-state index contributed by atoms with van der Waals surface area (Å²) in [5, 5.41) is 7.16. The molecule has 1 atom stereocenters. The number of piperidine rings is 1. The lowest BCUT2D eigenvalue weighted by atomic mass is 9.97. The minimum Gasteiger partial charge on any atom is -0.355 e. The van der Waals surface area contributed by atoms with Crippen LogP contribution in [0.4, 0.5) is 4.79 Å². The quantitative estimate of drug-likeness (QED) is 0.859. The lowest BCUT2D eigenvalue weighted by Gasteiger charge is -2.30. The number of likely N-dealkylation sites (tertiary alicyclic amines) is 1. The zero-order valence-electron chi connectivity index (χ0n) is 14.1. The van der Waals surface area contributed by atoms with E-state index < -0.39 is 6.03 Å². The second kappa shape index (κ2) is 7.83. The summed E-state index contributed by atoms with van der Waals surface area (Å²) in [6.07, 6.45) is 6.02. The molecule has 1 aromatic heterocycles. The van der Waals surface area contributed by atoms with Crippen LogP contribution in [0.15, 0.2) is 42.7 Å². The molecule has 1 aromatic carbocycles. The van der Waals surface area contributed by atoms with Crippen molar-refractivity contribution in [2.45, 2.75) is 19.3 Å². The molecule has 0 spiro atoms. The van der Waals surface area contributed by atoms with E-state index in [0.29, 0.717) is 19.6 Å². The van der Waals surface area contributed by atoms with Gasteiger partial charge in [-0.25, -0.2) is 9.48 Å². The van der Waals surface area contributed by atoms with Gasteiger partial charge < -0.3 is 16.0 Å². The molecule has 2 heterocycles. The van der Waals surface area contributed by atoms with Gasteiger partial charge in [-0.1, -0.05) is 12.1 Å². The third-order valence-corrected chi connectivity index (χ3v) is 4.52. The van der Waals surface area contributed by atoms with Crippen molar-refractivity contribution in [2.24, 2.45) is 11.7 Å². The predicted molar refractivity (Wildman–Crippen MR) is 94.2 cm³/mol. The number of nitrogens with two attached hydrogens (primary N) is 1. The Balaban J connectivity index is 1.46. The monoisotopic (exact) mass is 341 g/mol. The highest BCUT2D eigenvalue weighted by Gasteiger charge is 2.27. The third kappa shape index (κ3) is 4.37. The Labute approximate surface area is 146 Å². The Morgan fingerprint density at radius 2 is 2.08 bits per heavy atom. The summed E-state index contributed by atoms with van der Waals surface area (Å²) in [5.41, 5.74) is 7.46. The molecule has 0 bridgehead atoms. The number of rotatable bonds is 5. The average molecular weight is 341 g/mol. The molecule has 1 aliphatic heterocycles. The average Bonchev–Trinajstić information content (AvgIpc) is 3.17. The maximum atomic E-state index is 12.3. The van der Waals surface area contributed by atoms with Gasteiger partial charge in [0, 0.05) is 32.0 Å². The summed E-state index contributed by atoms with van der Waals surface area (Å²) < 4.78 is 1.80. The van der Waals surface area contributed by atoms with E-state index in [4.69, 9.17) is 5.73 Å². The summed E-state index contributed by atoms with van der Waals surface area (Å²) >= 11 is 0. The highest BCUT2D eigenvalue weighted by molar-refractivity contribution is 5.80. The molecule has 0 saturated carbocycles. The van der Waals surface area contributed by atoms with E-state index >= 15 is 0 Å². The van der Waals surface area contributed by atoms with E-state index in [9.17, 15) is 9.59 Å². The smallest absolute Gasteiger partial charge is 0.314 e. The van der Waals surface area contributed by atoms with Crippen molar-refractivity contribution in [3.05, 3.63) is 48.3 Å². The SMILES string of the molecule is NC(=O)N1CCC[C@H](C(=O)NCCc2ccc(-n3cccn3)cc2)C1. The van der Waals surface area contributed by atoms with Crippen LogP contribution < -0.4 is 11.1 Å². The van der Waals surface area contributed by atoms with E-state index in [1.165, 1.54) is 0 Å². The molecule has 0 radical (unpaired) electrons. The van der Waals surface area contributed by atoms with Crippen molar-refractivity contribution in [3.63, 3.8) is 0 Å². The molecular weight excluding hydrogens is 318 g/mol. The highest BCUT2D eigenvalue weighted by Crippen LogP contribution is 2.16. The first-order valence-electron chi connectivity index (χ1n) is 8.54. The number of carbonyl (C=O) groups excluding carboxylic acids is 2. The van der Waals surface area contributed by atoms with Crippen LogP contribution in [-0.4, -0.2) is 46.3 Å². The van der Waals surface area contributed by atoms with Gasteiger partial charge in [-0.2, -0.15) is 5.10 Å². The Morgan fingerprint density at radius 1 is 1.28 bits per heavy atom. The first-order valence-corrected chi connectivity index (χ1v) is 8.54. The van der Waals surface area contributed by atoms with Crippen molar-refractivity contribution in [1.29, 1.82) is 0 Å². The Morgan fingerprint density at radius 3 is 2.76 bits per heavy atom. The van der Waals surface area contributed by atoms with Gasteiger partial charge in [0.2, 0.25) is 5.91 Å². The number of nitrogens with one attached hydrogen (secondary N) is 1. The second-order valence-electron chi connectivity index (χ2n) is 6.28. The minimum absolute atomic E-state index is 0.000823. The summed E-state index contributed by atoms with van der Waals surface area (Å²) in [6.45, 7) is 1.63. The molecule has 7 nitrogen and oxygen atoms in total. The number of hydrogen-bond donors (Lipinski definition) is 2. The summed E-state index contributed by atoms with van der Waals surface area (Å²) in [5.74, 6) is -0.164. The molecule has 3 rings (SSSR count). The number of benzene rings is 1. The van der Waals surface area contributed by atoms with E-state index in [2.05, 4.69) is 10.4 Å².